The van der Waals surface area contributed by atoms with Gasteiger partial charge in [-0.1, -0.05) is 26.7 Å². The first-order valence-corrected chi connectivity index (χ1v) is 14.6. The molecule has 0 spiro atoms. The van der Waals surface area contributed by atoms with E-state index < -0.39 is 0 Å². The predicted octanol–water partition coefficient (Wildman–Crippen LogP) is 4.89. The van der Waals surface area contributed by atoms with Gasteiger partial charge in [-0.2, -0.15) is 0 Å². The first-order chi connectivity index (χ1) is 15.9. The molecule has 0 aromatic rings. The maximum Gasteiger partial charge on any atom is 0.156 e. The number of carbonyl (C=O) groups is 1. The lowest BCUT2D eigenvalue weighted by atomic mass is 9.44. The van der Waals surface area contributed by atoms with Crippen LogP contribution in [0.2, 0.25) is 0 Å². The van der Waals surface area contributed by atoms with Crippen molar-refractivity contribution in [1.82, 2.24) is 9.80 Å². The fourth-order valence-corrected chi connectivity index (χ4v) is 10.2. The van der Waals surface area contributed by atoms with Crippen LogP contribution in [0.4, 0.5) is 0 Å². The molecule has 33 heavy (non-hydrogen) atoms. The summed E-state index contributed by atoms with van der Waals surface area (Å²) in [5.41, 5.74) is 0.269. The topological polar surface area (TPSA) is 43.8 Å². The average molecular weight is 457 g/mol. The van der Waals surface area contributed by atoms with Gasteiger partial charge in [0.15, 0.2) is 5.78 Å². The second-order valence-electron chi connectivity index (χ2n) is 13.5. The number of fused-ring (bicyclic) bond motifs is 5. The highest BCUT2D eigenvalue weighted by molar-refractivity contribution is 5.92. The van der Waals surface area contributed by atoms with E-state index in [1.165, 1.54) is 77.3 Å². The van der Waals surface area contributed by atoms with Gasteiger partial charge in [0.2, 0.25) is 0 Å². The smallest absolute Gasteiger partial charge is 0.156 e. The van der Waals surface area contributed by atoms with E-state index in [1.807, 2.05) is 0 Å². The first kappa shape index (κ1) is 23.0. The second kappa shape index (κ2) is 8.59. The van der Waals surface area contributed by atoms with Gasteiger partial charge in [-0.25, -0.2) is 0 Å². The van der Waals surface area contributed by atoms with Crippen LogP contribution in [0.15, 0.2) is 0 Å². The molecule has 6 fully saturated rings. The summed E-state index contributed by atoms with van der Waals surface area (Å²) in [6, 6.07) is 0.573. The molecule has 0 aromatic carbocycles. The van der Waals surface area contributed by atoms with Gasteiger partial charge in [0, 0.05) is 11.5 Å². The van der Waals surface area contributed by atoms with E-state index in [9.17, 15) is 9.90 Å². The summed E-state index contributed by atoms with van der Waals surface area (Å²) < 4.78 is 0. The van der Waals surface area contributed by atoms with Crippen molar-refractivity contribution >= 4 is 5.78 Å². The summed E-state index contributed by atoms with van der Waals surface area (Å²) in [7, 11) is 0. The standard InChI is InChI=1S/C29H48N2O2/c1-28-12-11-22-21(23(28)18-24(27(28)33)30-13-5-3-6-14-30)10-9-20-17-26(32)25(19-29(20,22)2)31-15-7-4-8-16-31/h20-26,32H,3-19H2,1-2H3/t20-,21+,22-,23-,24-,25-,26-,28+,29+/m0/s1. The van der Waals surface area contributed by atoms with E-state index in [1.54, 1.807) is 0 Å². The van der Waals surface area contributed by atoms with E-state index in [2.05, 4.69) is 23.6 Å². The fraction of sp³-hybridized carbons (Fsp3) is 0.966. The van der Waals surface area contributed by atoms with Crippen LogP contribution in [0.3, 0.4) is 0 Å². The number of piperidine rings is 2. The van der Waals surface area contributed by atoms with Gasteiger partial charge in [-0.3, -0.25) is 14.6 Å². The van der Waals surface area contributed by atoms with E-state index in [0.29, 0.717) is 29.1 Å². The van der Waals surface area contributed by atoms with Gasteiger partial charge >= 0.3 is 0 Å². The molecule has 4 saturated carbocycles. The highest BCUT2D eigenvalue weighted by Crippen LogP contribution is 2.66. The Labute approximate surface area is 201 Å². The SMILES string of the molecule is C[C@@]12C[C@H](N3CCCCC3)[C@@H](O)C[C@@H]1CC[C@@H]1[C@@H]2CC[C@@]2(C)C(=O)[C@@H](N3CCCCC3)C[C@@H]12. The lowest BCUT2D eigenvalue weighted by molar-refractivity contribution is -0.153. The van der Waals surface area contributed by atoms with Crippen LogP contribution in [0, 0.1) is 34.5 Å². The molecular weight excluding hydrogens is 408 g/mol. The van der Waals surface area contributed by atoms with Crippen LogP contribution in [0.5, 0.6) is 0 Å². The minimum atomic E-state index is -0.136. The molecule has 0 bridgehead atoms. The number of Topliss-reactive ketones (excluding diaryl/α,β-unsaturated/α-hetero) is 1. The highest BCUT2D eigenvalue weighted by Gasteiger charge is 2.63. The van der Waals surface area contributed by atoms with Gasteiger partial charge in [0.1, 0.15) is 0 Å². The number of nitrogens with zero attached hydrogens (tertiary/aromatic N) is 2. The van der Waals surface area contributed by atoms with E-state index in [0.717, 1.165) is 44.2 Å². The van der Waals surface area contributed by atoms with Gasteiger partial charge in [-0.05, 0) is 126 Å². The minimum Gasteiger partial charge on any atom is -0.391 e. The Morgan fingerprint density at radius 1 is 0.818 bits per heavy atom. The Morgan fingerprint density at radius 2 is 1.48 bits per heavy atom. The van der Waals surface area contributed by atoms with Crippen LogP contribution in [0.1, 0.15) is 97.3 Å². The summed E-state index contributed by atoms with van der Waals surface area (Å²) in [5.74, 6) is 3.34. The summed E-state index contributed by atoms with van der Waals surface area (Å²) in [6.45, 7) is 9.62. The largest absolute Gasteiger partial charge is 0.391 e. The zero-order valence-electron chi connectivity index (χ0n) is 21.3. The summed E-state index contributed by atoms with van der Waals surface area (Å²) in [4.78, 5) is 19.0. The van der Waals surface area contributed by atoms with Gasteiger partial charge < -0.3 is 5.11 Å². The van der Waals surface area contributed by atoms with Crippen LogP contribution in [0.25, 0.3) is 0 Å². The molecule has 0 unspecified atom stereocenters. The molecule has 0 radical (unpaired) electrons. The molecule has 6 rings (SSSR count). The van der Waals surface area contributed by atoms with Crippen LogP contribution in [-0.2, 0) is 4.79 Å². The lowest BCUT2D eigenvalue weighted by Gasteiger charge is -2.62. The van der Waals surface area contributed by atoms with E-state index >= 15 is 0 Å². The molecule has 2 aliphatic heterocycles. The molecule has 4 aliphatic carbocycles. The second-order valence-corrected chi connectivity index (χ2v) is 13.5. The third-order valence-electron chi connectivity index (χ3n) is 12.1. The van der Waals surface area contributed by atoms with Crippen molar-refractivity contribution in [2.24, 2.45) is 34.5 Å². The highest BCUT2D eigenvalue weighted by atomic mass is 16.3. The number of aliphatic hydroxyl groups excluding tert-OH is 1. The van der Waals surface area contributed by atoms with Crippen molar-refractivity contribution in [1.29, 1.82) is 0 Å². The number of carbonyl (C=O) groups excluding carboxylic acids is 1. The number of rotatable bonds is 2. The van der Waals surface area contributed by atoms with Crippen LogP contribution in [-0.4, -0.2) is 65.1 Å². The Morgan fingerprint density at radius 3 is 2.18 bits per heavy atom. The van der Waals surface area contributed by atoms with Crippen molar-refractivity contribution in [3.05, 3.63) is 0 Å². The Bertz CT molecular complexity index is 744. The number of likely N-dealkylation sites (tertiary alicyclic amines) is 2. The predicted molar refractivity (Wildman–Crippen MR) is 132 cm³/mol. The Kier molecular flexibility index (Phi) is 5.98. The normalized spacial score (nSPS) is 51.6. The Hall–Kier alpha value is -0.450. The molecule has 0 aromatic heterocycles. The molecule has 2 heterocycles. The molecular formula is C29H48N2O2. The summed E-state index contributed by atoms with van der Waals surface area (Å²) in [5, 5.41) is 11.2. The van der Waals surface area contributed by atoms with Crippen molar-refractivity contribution in [3.8, 4) is 0 Å². The average Bonchev–Trinajstić information content (AvgIpc) is 3.11. The summed E-state index contributed by atoms with van der Waals surface area (Å²) >= 11 is 0. The van der Waals surface area contributed by atoms with E-state index in [4.69, 9.17) is 0 Å². The monoisotopic (exact) mass is 456 g/mol. The minimum absolute atomic E-state index is 0.0765. The molecule has 0 amide bonds. The van der Waals surface area contributed by atoms with Gasteiger partial charge in [0.05, 0.1) is 12.1 Å². The molecule has 6 aliphatic rings. The van der Waals surface area contributed by atoms with E-state index in [-0.39, 0.29) is 17.6 Å². The lowest BCUT2D eigenvalue weighted by Crippen LogP contribution is -2.60. The molecule has 9 atom stereocenters. The number of ketones is 1. The summed E-state index contributed by atoms with van der Waals surface area (Å²) in [6.07, 6.45) is 16.0. The molecule has 2 saturated heterocycles. The number of aliphatic hydroxyl groups is 1. The molecule has 4 heteroatoms. The van der Waals surface area contributed by atoms with Crippen molar-refractivity contribution in [2.45, 2.75) is 116 Å². The number of hydrogen-bond acceptors (Lipinski definition) is 4. The van der Waals surface area contributed by atoms with Gasteiger partial charge in [-0.15, -0.1) is 0 Å². The van der Waals surface area contributed by atoms with Crippen molar-refractivity contribution in [3.63, 3.8) is 0 Å². The quantitative estimate of drug-likeness (QED) is 0.643. The molecule has 186 valence electrons. The fourth-order valence-electron chi connectivity index (χ4n) is 10.2. The molecule has 1 N–H and O–H groups in total. The van der Waals surface area contributed by atoms with Gasteiger partial charge in [0.25, 0.3) is 0 Å². The number of hydrogen-bond donors (Lipinski definition) is 1. The third-order valence-corrected chi connectivity index (χ3v) is 12.1. The zero-order valence-corrected chi connectivity index (χ0v) is 21.3. The van der Waals surface area contributed by atoms with Crippen LogP contribution >= 0.6 is 0 Å². The maximum atomic E-state index is 13.8. The molecule has 4 nitrogen and oxygen atoms in total. The van der Waals surface area contributed by atoms with Crippen LogP contribution < -0.4 is 0 Å². The first-order valence-electron chi connectivity index (χ1n) is 14.6. The van der Waals surface area contributed by atoms with Crippen molar-refractivity contribution < 1.29 is 9.90 Å². The maximum absolute atomic E-state index is 13.8. The van der Waals surface area contributed by atoms with Crippen molar-refractivity contribution in [2.75, 3.05) is 26.2 Å². The third kappa shape index (κ3) is 3.59. The zero-order chi connectivity index (χ0) is 22.8. The Balaban J connectivity index is 1.24.